The van der Waals surface area contributed by atoms with Gasteiger partial charge in [-0.1, -0.05) is 12.1 Å². The van der Waals surface area contributed by atoms with E-state index in [1.54, 1.807) is 12.3 Å². The molecule has 0 amide bonds. The van der Waals surface area contributed by atoms with Gasteiger partial charge < -0.3 is 4.74 Å². The minimum Gasteiger partial charge on any atom is -0.461 e. The zero-order valence-electron chi connectivity index (χ0n) is 9.85. The molecule has 0 radical (unpaired) electrons. The molecule has 1 heterocycles. The van der Waals surface area contributed by atoms with E-state index in [2.05, 4.69) is 51.8 Å². The molecule has 2 rings (SSSR count). The molecule has 18 heavy (non-hydrogen) atoms. The van der Waals surface area contributed by atoms with E-state index in [4.69, 9.17) is 4.74 Å². The first-order valence-electron chi connectivity index (χ1n) is 5.55. The zero-order valence-corrected chi connectivity index (χ0v) is 12.8. The van der Waals surface area contributed by atoms with E-state index in [1.165, 1.54) is 20.5 Å². The van der Waals surface area contributed by atoms with Gasteiger partial charge in [0.05, 0.1) is 11.6 Å². The van der Waals surface area contributed by atoms with Crippen molar-refractivity contribution in [1.29, 1.82) is 0 Å². The van der Waals surface area contributed by atoms with Crippen LogP contribution in [-0.4, -0.2) is 17.6 Å². The van der Waals surface area contributed by atoms with E-state index in [0.717, 1.165) is 11.4 Å². The standard InChI is InChI=1S/C13H12INO2S/c1-2-17-13(16)11-8-18-12(15-11)7-9-3-5-10(14)6-4-9/h3-6,8H,2,7H2,1H3. The Morgan fingerprint density at radius 2 is 2.11 bits per heavy atom. The average Bonchev–Trinajstić information content (AvgIpc) is 2.81. The molecule has 0 saturated heterocycles. The Kier molecular flexibility index (Phi) is 4.71. The molecule has 0 unspecified atom stereocenters. The predicted molar refractivity (Wildman–Crippen MR) is 80.0 cm³/mol. The number of aromatic nitrogens is 1. The highest BCUT2D eigenvalue weighted by Crippen LogP contribution is 2.16. The number of carbonyl (C=O) groups excluding carboxylic acids is 1. The van der Waals surface area contributed by atoms with Crippen molar-refractivity contribution in [3.05, 3.63) is 49.5 Å². The van der Waals surface area contributed by atoms with Crippen molar-refractivity contribution in [1.82, 2.24) is 4.98 Å². The number of hydrogen-bond donors (Lipinski definition) is 0. The van der Waals surface area contributed by atoms with Gasteiger partial charge in [-0.3, -0.25) is 0 Å². The van der Waals surface area contributed by atoms with Gasteiger partial charge in [-0.05, 0) is 47.2 Å². The van der Waals surface area contributed by atoms with Crippen molar-refractivity contribution in [3.8, 4) is 0 Å². The fraction of sp³-hybridized carbons (Fsp3) is 0.231. The highest BCUT2D eigenvalue weighted by molar-refractivity contribution is 14.1. The number of esters is 1. The molecule has 0 N–H and O–H groups in total. The fourth-order valence-electron chi connectivity index (χ4n) is 1.47. The summed E-state index contributed by atoms with van der Waals surface area (Å²) in [5, 5.41) is 2.68. The van der Waals surface area contributed by atoms with E-state index in [0.29, 0.717) is 12.3 Å². The van der Waals surface area contributed by atoms with Crippen molar-refractivity contribution in [3.63, 3.8) is 0 Å². The Morgan fingerprint density at radius 1 is 1.39 bits per heavy atom. The van der Waals surface area contributed by atoms with Crippen molar-refractivity contribution >= 4 is 39.9 Å². The molecule has 3 nitrogen and oxygen atoms in total. The molecular formula is C13H12INO2S. The minimum absolute atomic E-state index is 0.345. The van der Waals surface area contributed by atoms with Crippen molar-refractivity contribution < 1.29 is 9.53 Å². The lowest BCUT2D eigenvalue weighted by Gasteiger charge is -1.98. The number of thiazole rings is 1. The summed E-state index contributed by atoms with van der Waals surface area (Å²) >= 11 is 3.76. The molecule has 0 aliphatic heterocycles. The summed E-state index contributed by atoms with van der Waals surface area (Å²) < 4.78 is 6.12. The Balaban J connectivity index is 2.06. The van der Waals surface area contributed by atoms with Gasteiger partial charge in [0.1, 0.15) is 0 Å². The maximum absolute atomic E-state index is 11.5. The van der Waals surface area contributed by atoms with Gasteiger partial charge in [-0.2, -0.15) is 0 Å². The van der Waals surface area contributed by atoms with Gasteiger partial charge in [-0.15, -0.1) is 11.3 Å². The lowest BCUT2D eigenvalue weighted by molar-refractivity contribution is 0.0520. The number of hydrogen-bond acceptors (Lipinski definition) is 4. The summed E-state index contributed by atoms with van der Waals surface area (Å²) in [6, 6.07) is 8.28. The first-order chi connectivity index (χ1) is 8.69. The molecule has 0 aliphatic rings. The molecule has 1 aromatic heterocycles. The topological polar surface area (TPSA) is 39.2 Å². The monoisotopic (exact) mass is 373 g/mol. The third-order valence-corrected chi connectivity index (χ3v) is 3.87. The van der Waals surface area contributed by atoms with E-state index in [1.807, 2.05) is 0 Å². The van der Waals surface area contributed by atoms with Gasteiger partial charge in [0, 0.05) is 15.4 Å². The molecule has 0 saturated carbocycles. The van der Waals surface area contributed by atoms with E-state index in [-0.39, 0.29) is 5.97 Å². The SMILES string of the molecule is CCOC(=O)c1csc(Cc2ccc(I)cc2)n1. The van der Waals surface area contributed by atoms with Crippen LogP contribution < -0.4 is 0 Å². The lowest BCUT2D eigenvalue weighted by Crippen LogP contribution is -2.05. The number of benzene rings is 1. The summed E-state index contributed by atoms with van der Waals surface area (Å²) in [6.07, 6.45) is 0.751. The normalized spacial score (nSPS) is 10.3. The molecule has 94 valence electrons. The Hall–Kier alpha value is -0.950. The van der Waals surface area contributed by atoms with Crippen molar-refractivity contribution in [2.45, 2.75) is 13.3 Å². The van der Waals surface area contributed by atoms with Crippen molar-refractivity contribution in [2.75, 3.05) is 6.61 Å². The number of nitrogens with zero attached hydrogens (tertiary/aromatic N) is 1. The smallest absolute Gasteiger partial charge is 0.357 e. The minimum atomic E-state index is -0.345. The van der Waals surface area contributed by atoms with Crippen LogP contribution in [-0.2, 0) is 11.2 Å². The molecule has 5 heteroatoms. The Bertz CT molecular complexity index is 536. The number of rotatable bonds is 4. The fourth-order valence-corrected chi connectivity index (χ4v) is 2.62. The van der Waals surface area contributed by atoms with Crippen LogP contribution in [0.15, 0.2) is 29.6 Å². The van der Waals surface area contributed by atoms with Crippen LogP contribution in [0.25, 0.3) is 0 Å². The second kappa shape index (κ2) is 6.29. The lowest BCUT2D eigenvalue weighted by atomic mass is 10.2. The summed E-state index contributed by atoms with van der Waals surface area (Å²) in [7, 11) is 0. The summed E-state index contributed by atoms with van der Waals surface area (Å²) in [6.45, 7) is 2.17. The van der Waals surface area contributed by atoms with Crippen LogP contribution in [0.5, 0.6) is 0 Å². The number of carbonyl (C=O) groups is 1. The van der Waals surface area contributed by atoms with E-state index in [9.17, 15) is 4.79 Å². The van der Waals surface area contributed by atoms with Gasteiger partial charge in [0.2, 0.25) is 0 Å². The summed E-state index contributed by atoms with van der Waals surface area (Å²) in [5.74, 6) is -0.345. The molecule has 0 aliphatic carbocycles. The summed E-state index contributed by atoms with van der Waals surface area (Å²) in [4.78, 5) is 15.8. The maximum atomic E-state index is 11.5. The van der Waals surface area contributed by atoms with Gasteiger partial charge in [-0.25, -0.2) is 9.78 Å². The van der Waals surface area contributed by atoms with Gasteiger partial charge in [0.15, 0.2) is 5.69 Å². The Labute approximate surface area is 123 Å². The van der Waals surface area contributed by atoms with Gasteiger partial charge >= 0.3 is 5.97 Å². The van der Waals surface area contributed by atoms with E-state index >= 15 is 0 Å². The van der Waals surface area contributed by atoms with Crippen molar-refractivity contribution in [2.24, 2.45) is 0 Å². The number of ether oxygens (including phenoxy) is 1. The summed E-state index contributed by atoms with van der Waals surface area (Å²) in [5.41, 5.74) is 1.60. The van der Waals surface area contributed by atoms with E-state index < -0.39 is 0 Å². The third-order valence-electron chi connectivity index (χ3n) is 2.30. The quantitative estimate of drug-likeness (QED) is 0.608. The molecule has 0 fully saturated rings. The molecule has 2 aromatic rings. The second-order valence-corrected chi connectivity index (χ2v) is 5.84. The van der Waals surface area contributed by atoms with Crippen LogP contribution in [0.3, 0.4) is 0 Å². The second-order valence-electron chi connectivity index (χ2n) is 3.65. The number of halogens is 1. The Morgan fingerprint density at radius 3 is 2.78 bits per heavy atom. The molecule has 0 bridgehead atoms. The highest BCUT2D eigenvalue weighted by Gasteiger charge is 2.11. The molecule has 1 aromatic carbocycles. The highest BCUT2D eigenvalue weighted by atomic mass is 127. The predicted octanol–water partition coefficient (Wildman–Crippen LogP) is 3.52. The van der Waals surface area contributed by atoms with Crippen LogP contribution in [0, 0.1) is 3.57 Å². The van der Waals surface area contributed by atoms with Crippen LogP contribution in [0.2, 0.25) is 0 Å². The molecule has 0 spiro atoms. The third kappa shape index (κ3) is 3.52. The largest absolute Gasteiger partial charge is 0.461 e. The first-order valence-corrected chi connectivity index (χ1v) is 7.51. The van der Waals surface area contributed by atoms with Gasteiger partial charge in [0.25, 0.3) is 0 Å². The first kappa shape index (κ1) is 13.5. The average molecular weight is 373 g/mol. The van der Waals surface area contributed by atoms with Crippen LogP contribution in [0.1, 0.15) is 28.0 Å². The zero-order chi connectivity index (χ0) is 13.0. The van der Waals surface area contributed by atoms with Crippen LogP contribution in [0.4, 0.5) is 0 Å². The molecule has 0 atom stereocenters. The van der Waals surface area contributed by atoms with Crippen LogP contribution >= 0.6 is 33.9 Å². The maximum Gasteiger partial charge on any atom is 0.357 e. The molecular weight excluding hydrogens is 361 g/mol.